The summed E-state index contributed by atoms with van der Waals surface area (Å²) in [5, 5.41) is 0.260. The Labute approximate surface area is 219 Å². The first-order chi connectivity index (χ1) is 18.0. The van der Waals surface area contributed by atoms with Crippen molar-refractivity contribution in [1.29, 1.82) is 0 Å². The number of carbonyl (C=O) groups excluding carboxylic acids is 3. The number of fused-ring (bicyclic) bond motifs is 2. The molecular weight excluding hydrogens is 482 g/mol. The zero-order valence-electron chi connectivity index (χ0n) is 21.8. The highest BCUT2D eigenvalue weighted by Crippen LogP contribution is 2.34. The van der Waals surface area contributed by atoms with Gasteiger partial charge in [-0.05, 0) is 49.1 Å². The quantitative estimate of drug-likeness (QED) is 0.260. The van der Waals surface area contributed by atoms with E-state index < -0.39 is 29.3 Å². The van der Waals surface area contributed by atoms with Gasteiger partial charge in [-0.25, -0.2) is 4.79 Å². The fraction of sp³-hybridized carbons (Fsp3) is 0.226. The highest BCUT2D eigenvalue weighted by atomic mass is 16.5. The van der Waals surface area contributed by atoms with Gasteiger partial charge in [0.2, 0.25) is 11.2 Å². The molecule has 3 aromatic carbocycles. The molecule has 5 rings (SSSR count). The number of esters is 1. The van der Waals surface area contributed by atoms with Crippen molar-refractivity contribution < 1.29 is 23.5 Å². The van der Waals surface area contributed by atoms with Gasteiger partial charge in [0, 0.05) is 5.56 Å². The van der Waals surface area contributed by atoms with E-state index >= 15 is 0 Å². The maximum atomic E-state index is 13.6. The van der Waals surface area contributed by atoms with E-state index in [1.807, 2.05) is 37.3 Å². The second-order valence-electron chi connectivity index (χ2n) is 10.5. The lowest BCUT2D eigenvalue weighted by Gasteiger charge is -2.21. The summed E-state index contributed by atoms with van der Waals surface area (Å²) in [6.45, 7) is 9.51. The summed E-state index contributed by atoms with van der Waals surface area (Å²) < 4.78 is 11.8. The number of hydrogen-bond donors (Lipinski definition) is 0. The molecule has 0 saturated heterocycles. The molecule has 2 heterocycles. The summed E-state index contributed by atoms with van der Waals surface area (Å²) in [5.74, 6) is -2.30. The average molecular weight is 510 g/mol. The fourth-order valence-electron chi connectivity index (χ4n) is 4.55. The number of hydrogen-bond acceptors (Lipinski definition) is 6. The number of benzene rings is 3. The Morgan fingerprint density at radius 3 is 2.08 bits per heavy atom. The van der Waals surface area contributed by atoms with Crippen molar-refractivity contribution >= 4 is 28.8 Å². The van der Waals surface area contributed by atoms with Crippen molar-refractivity contribution in [1.82, 2.24) is 4.90 Å². The molecule has 1 aliphatic rings. The van der Waals surface area contributed by atoms with E-state index in [9.17, 15) is 19.2 Å². The molecule has 1 aliphatic heterocycles. The van der Waals surface area contributed by atoms with E-state index in [1.54, 1.807) is 24.3 Å². The number of ether oxygens (including phenoxy) is 1. The summed E-state index contributed by atoms with van der Waals surface area (Å²) in [4.78, 5) is 53.6. The molecule has 7 nitrogen and oxygen atoms in total. The molecule has 192 valence electrons. The van der Waals surface area contributed by atoms with E-state index in [0.717, 1.165) is 16.0 Å². The minimum Gasteiger partial charge on any atom is -0.452 e. The van der Waals surface area contributed by atoms with Crippen LogP contribution in [0.4, 0.5) is 0 Å². The SMILES string of the molecule is Cc1ccc2oc(-c3ccc(C(C)(C)C)cc3)c(OC(=O)C(C)N3C(=O)c4ccccc4C3=O)c(=O)c2c1. The highest BCUT2D eigenvalue weighted by molar-refractivity contribution is 6.22. The average Bonchev–Trinajstić information content (AvgIpc) is 3.14. The molecule has 0 saturated carbocycles. The zero-order valence-corrected chi connectivity index (χ0v) is 21.8. The van der Waals surface area contributed by atoms with Gasteiger partial charge in [-0.2, -0.15) is 0 Å². The number of carbonyl (C=O) groups is 3. The number of amides is 2. The lowest BCUT2D eigenvalue weighted by atomic mass is 9.86. The van der Waals surface area contributed by atoms with Gasteiger partial charge in [0.15, 0.2) is 5.76 Å². The van der Waals surface area contributed by atoms with Crippen LogP contribution in [0, 0.1) is 6.92 Å². The van der Waals surface area contributed by atoms with Crippen LogP contribution in [-0.2, 0) is 10.2 Å². The van der Waals surface area contributed by atoms with Crippen LogP contribution in [0.15, 0.2) is 75.9 Å². The molecule has 0 aliphatic carbocycles. The Balaban J connectivity index is 1.57. The van der Waals surface area contributed by atoms with E-state index in [0.29, 0.717) is 11.1 Å². The van der Waals surface area contributed by atoms with Crippen molar-refractivity contribution in [2.75, 3.05) is 0 Å². The summed E-state index contributed by atoms with van der Waals surface area (Å²) in [6, 6.07) is 17.8. The molecule has 2 amide bonds. The van der Waals surface area contributed by atoms with Crippen LogP contribution in [0.1, 0.15) is 59.5 Å². The maximum Gasteiger partial charge on any atom is 0.334 e. The molecule has 1 unspecified atom stereocenters. The molecule has 7 heteroatoms. The van der Waals surface area contributed by atoms with Crippen LogP contribution in [0.2, 0.25) is 0 Å². The Hall–Kier alpha value is -4.52. The largest absolute Gasteiger partial charge is 0.452 e. The molecule has 1 aromatic heterocycles. The fourth-order valence-corrected chi connectivity index (χ4v) is 4.55. The molecule has 0 spiro atoms. The summed E-state index contributed by atoms with van der Waals surface area (Å²) in [5.41, 5.74) is 2.65. The van der Waals surface area contributed by atoms with E-state index in [2.05, 4.69) is 20.8 Å². The van der Waals surface area contributed by atoms with Crippen LogP contribution < -0.4 is 10.2 Å². The second kappa shape index (κ2) is 9.10. The predicted molar refractivity (Wildman–Crippen MR) is 143 cm³/mol. The molecule has 0 N–H and O–H groups in total. The van der Waals surface area contributed by atoms with Crippen molar-refractivity contribution in [2.24, 2.45) is 0 Å². The first-order valence-corrected chi connectivity index (χ1v) is 12.3. The monoisotopic (exact) mass is 509 g/mol. The third kappa shape index (κ3) is 4.20. The van der Waals surface area contributed by atoms with Gasteiger partial charge in [-0.1, -0.05) is 68.8 Å². The lowest BCUT2D eigenvalue weighted by Crippen LogP contribution is -2.45. The molecule has 38 heavy (non-hydrogen) atoms. The maximum absolute atomic E-state index is 13.6. The molecule has 1 atom stereocenters. The van der Waals surface area contributed by atoms with Gasteiger partial charge in [0.25, 0.3) is 11.8 Å². The van der Waals surface area contributed by atoms with Crippen molar-refractivity contribution in [3.8, 4) is 17.1 Å². The van der Waals surface area contributed by atoms with Crippen molar-refractivity contribution in [3.63, 3.8) is 0 Å². The van der Waals surface area contributed by atoms with E-state index in [1.165, 1.54) is 19.1 Å². The van der Waals surface area contributed by atoms with Gasteiger partial charge in [-0.15, -0.1) is 0 Å². The van der Waals surface area contributed by atoms with Crippen LogP contribution in [-0.4, -0.2) is 28.7 Å². The molecule has 4 aromatic rings. The molecule has 0 bridgehead atoms. The topological polar surface area (TPSA) is 93.9 Å². The second-order valence-corrected chi connectivity index (χ2v) is 10.5. The van der Waals surface area contributed by atoms with Crippen molar-refractivity contribution in [3.05, 3.63) is 99.2 Å². The Kier molecular flexibility index (Phi) is 6.02. The molecular formula is C31H27NO6. The van der Waals surface area contributed by atoms with Gasteiger partial charge >= 0.3 is 5.97 Å². The summed E-state index contributed by atoms with van der Waals surface area (Å²) >= 11 is 0. The van der Waals surface area contributed by atoms with Crippen LogP contribution in [0.3, 0.4) is 0 Å². The number of imide groups is 1. The first kappa shape index (κ1) is 25.1. The normalized spacial score (nSPS) is 14.1. The van der Waals surface area contributed by atoms with Gasteiger partial charge in [-0.3, -0.25) is 19.3 Å². The third-order valence-electron chi connectivity index (χ3n) is 6.77. The van der Waals surface area contributed by atoms with Crippen LogP contribution in [0.25, 0.3) is 22.3 Å². The Morgan fingerprint density at radius 2 is 1.50 bits per heavy atom. The highest BCUT2D eigenvalue weighted by Gasteiger charge is 2.41. The third-order valence-corrected chi connectivity index (χ3v) is 6.77. The molecule has 0 fully saturated rings. The summed E-state index contributed by atoms with van der Waals surface area (Å²) in [6.07, 6.45) is 0. The van der Waals surface area contributed by atoms with Gasteiger partial charge in [0.05, 0.1) is 16.5 Å². The van der Waals surface area contributed by atoms with E-state index in [4.69, 9.17) is 9.15 Å². The summed E-state index contributed by atoms with van der Waals surface area (Å²) in [7, 11) is 0. The molecule has 0 radical (unpaired) electrons. The van der Waals surface area contributed by atoms with Crippen LogP contribution >= 0.6 is 0 Å². The van der Waals surface area contributed by atoms with E-state index in [-0.39, 0.29) is 33.4 Å². The van der Waals surface area contributed by atoms with Crippen LogP contribution in [0.5, 0.6) is 5.75 Å². The lowest BCUT2D eigenvalue weighted by molar-refractivity contribution is -0.138. The number of rotatable bonds is 4. The van der Waals surface area contributed by atoms with Gasteiger partial charge in [0.1, 0.15) is 11.6 Å². The zero-order chi connectivity index (χ0) is 27.4. The minimum atomic E-state index is -1.27. The Bertz CT molecular complexity index is 1640. The minimum absolute atomic E-state index is 0.0859. The number of nitrogens with zero attached hydrogens (tertiary/aromatic N) is 1. The van der Waals surface area contributed by atoms with Crippen molar-refractivity contribution in [2.45, 2.75) is 46.1 Å². The smallest absolute Gasteiger partial charge is 0.334 e. The number of aryl methyl sites for hydroxylation is 1. The predicted octanol–water partition coefficient (Wildman–Crippen LogP) is 5.66. The Morgan fingerprint density at radius 1 is 0.895 bits per heavy atom. The van der Waals surface area contributed by atoms with Gasteiger partial charge < -0.3 is 9.15 Å². The first-order valence-electron chi connectivity index (χ1n) is 12.3. The standard InChI is InChI=1S/C31H27NO6/c1-17-10-15-24-23(16-17)25(33)27(26(37-24)19-11-13-20(14-12-19)31(3,4)5)38-30(36)18(2)32-28(34)21-8-6-7-9-22(21)29(32)35/h6-16,18H,1-5H3.